The SMILES string of the molecule is CC(C)(CCCCCCCCCCCCCCCCCC(F)(F)F)S(=O)(=O)O.F[As-](F)(F)(F)(F)F. The van der Waals surface area contributed by atoms with Gasteiger partial charge in [0.1, 0.15) is 0 Å². The molecule has 14 heteroatoms. The number of unbranched alkanes of at least 4 members (excludes halogenated alkanes) is 14. The summed E-state index contributed by atoms with van der Waals surface area (Å²) in [5.41, 5.74) is 0. The first-order valence-corrected chi connectivity index (χ1v) is 17.7. The first-order chi connectivity index (χ1) is 15.4. The third kappa shape index (κ3) is 36.1. The number of rotatable bonds is 18. The normalized spacial score (nSPS) is 15.2. The van der Waals surface area contributed by atoms with Crippen molar-refractivity contribution in [3.8, 4) is 0 Å². The molecule has 0 aliphatic heterocycles. The van der Waals surface area contributed by atoms with Gasteiger partial charge in [0.15, 0.2) is 0 Å². The molecule has 0 fully saturated rings. The molecule has 0 aromatic rings. The van der Waals surface area contributed by atoms with Crippen LogP contribution in [0.4, 0.5) is 34.0 Å². The Bertz CT molecular complexity index is 650. The average molecular weight is 620 g/mol. The van der Waals surface area contributed by atoms with E-state index in [2.05, 4.69) is 0 Å². The first kappa shape index (κ1) is 37.0. The van der Waals surface area contributed by atoms with Crippen molar-refractivity contribution in [3.05, 3.63) is 0 Å². The zero-order valence-electron chi connectivity index (χ0n) is 20.5. The zero-order chi connectivity index (χ0) is 27.9. The van der Waals surface area contributed by atoms with Crippen molar-refractivity contribution in [2.45, 2.75) is 134 Å². The molecule has 35 heavy (non-hydrogen) atoms. The molecule has 0 aliphatic carbocycles. The summed E-state index contributed by atoms with van der Waals surface area (Å²) in [6.07, 6.45) is 11.3. The van der Waals surface area contributed by atoms with E-state index >= 15 is 0 Å². The second-order valence-electron chi connectivity index (χ2n) is 9.61. The van der Waals surface area contributed by atoms with E-state index < -0.39 is 41.6 Å². The molecular formula is C21H41AsF9O3S-. The molecular weight excluding hydrogens is 578 g/mol. The summed E-state index contributed by atoms with van der Waals surface area (Å²) < 4.78 is 126. The van der Waals surface area contributed by atoms with Crippen molar-refractivity contribution in [1.29, 1.82) is 0 Å². The molecule has 0 unspecified atom stereocenters. The Morgan fingerprint density at radius 2 is 0.743 bits per heavy atom. The van der Waals surface area contributed by atoms with Crippen LogP contribution >= 0.6 is 0 Å². The van der Waals surface area contributed by atoms with Gasteiger partial charge in [-0.2, -0.15) is 21.6 Å². The van der Waals surface area contributed by atoms with Crippen LogP contribution in [0.2, 0.25) is 0 Å². The van der Waals surface area contributed by atoms with Gasteiger partial charge in [0.25, 0.3) is 10.1 Å². The Morgan fingerprint density at radius 3 is 0.943 bits per heavy atom. The molecule has 0 radical (unpaired) electrons. The van der Waals surface area contributed by atoms with E-state index in [9.17, 15) is 42.4 Å². The predicted molar refractivity (Wildman–Crippen MR) is 123 cm³/mol. The number of alkyl halides is 3. The number of hydrogen-bond acceptors (Lipinski definition) is 2. The van der Waals surface area contributed by atoms with Crippen LogP contribution in [0.25, 0.3) is 0 Å². The molecule has 0 saturated carbocycles. The Balaban J connectivity index is 0. The van der Waals surface area contributed by atoms with Gasteiger partial charge in [0.05, 0.1) is 4.75 Å². The Kier molecular flexibility index (Phi) is 15.5. The monoisotopic (exact) mass is 619 g/mol. The van der Waals surface area contributed by atoms with Gasteiger partial charge in [0.2, 0.25) is 0 Å². The second-order valence-corrected chi connectivity index (χ2v) is 15.7. The van der Waals surface area contributed by atoms with Gasteiger partial charge >= 0.3 is 41.1 Å². The molecule has 0 amide bonds. The molecule has 0 aromatic heterocycles. The van der Waals surface area contributed by atoms with Crippen LogP contribution in [0.15, 0.2) is 0 Å². The van der Waals surface area contributed by atoms with E-state index in [4.69, 9.17) is 4.55 Å². The Hall–Kier alpha value is -0.162. The van der Waals surface area contributed by atoms with Crippen molar-refractivity contribution in [3.63, 3.8) is 0 Å². The summed E-state index contributed by atoms with van der Waals surface area (Å²) in [7, 11) is -3.97. The minimum absolute atomic E-state index is 0.266. The molecule has 0 heterocycles. The second kappa shape index (κ2) is 14.7. The molecule has 0 bridgehead atoms. The van der Waals surface area contributed by atoms with Crippen molar-refractivity contribution in [2.75, 3.05) is 0 Å². The van der Waals surface area contributed by atoms with Crippen LogP contribution in [0.5, 0.6) is 0 Å². The van der Waals surface area contributed by atoms with Crippen LogP contribution in [0.1, 0.15) is 123 Å². The third-order valence-electron chi connectivity index (χ3n) is 5.44. The van der Waals surface area contributed by atoms with Gasteiger partial charge in [-0.15, -0.1) is 0 Å². The van der Waals surface area contributed by atoms with E-state index in [0.29, 0.717) is 12.8 Å². The van der Waals surface area contributed by atoms with Crippen LogP contribution in [0, 0.1) is 0 Å². The van der Waals surface area contributed by atoms with Crippen LogP contribution in [-0.4, -0.2) is 38.1 Å². The van der Waals surface area contributed by atoms with Crippen LogP contribution in [-0.2, 0) is 10.1 Å². The average Bonchev–Trinajstić information content (AvgIpc) is 2.59. The van der Waals surface area contributed by atoms with Gasteiger partial charge in [-0.05, 0) is 26.7 Å². The predicted octanol–water partition coefficient (Wildman–Crippen LogP) is 9.99. The standard InChI is InChI=1S/C21H41F3O3S.AsF6/c1-20(2,28(25,26)27)18-16-14-12-10-8-6-4-3-5-7-9-11-13-15-17-19-21(22,23)24;2-1(3,4,5,6)7/h3-19H2,1-2H3,(H,25,26,27);/q;-1. The van der Waals surface area contributed by atoms with Gasteiger partial charge in [-0.3, -0.25) is 4.55 Å². The summed E-state index contributed by atoms with van der Waals surface area (Å²) in [5.74, 6) is 0. The van der Waals surface area contributed by atoms with Crippen LogP contribution < -0.4 is 0 Å². The summed E-state index contributed by atoms with van der Waals surface area (Å²) in [6.45, 7) is 3.13. The van der Waals surface area contributed by atoms with Gasteiger partial charge in [-0.25, -0.2) is 0 Å². The van der Waals surface area contributed by atoms with Crippen molar-refractivity contribution < 1.29 is 46.9 Å². The van der Waals surface area contributed by atoms with E-state index in [1.54, 1.807) is 13.8 Å². The summed E-state index contributed by atoms with van der Waals surface area (Å²) >= 11 is -11.1. The summed E-state index contributed by atoms with van der Waals surface area (Å²) in [5, 5.41) is 0. The third-order valence-corrected chi connectivity index (χ3v) is 7.04. The Morgan fingerprint density at radius 1 is 0.543 bits per heavy atom. The fourth-order valence-corrected chi connectivity index (χ4v) is 3.71. The van der Waals surface area contributed by atoms with Gasteiger partial charge in [0, 0.05) is 6.42 Å². The topological polar surface area (TPSA) is 54.4 Å². The first-order valence-electron chi connectivity index (χ1n) is 12.0. The van der Waals surface area contributed by atoms with Crippen LogP contribution in [0.3, 0.4) is 0 Å². The number of hydrogen-bond donors (Lipinski definition) is 1. The van der Waals surface area contributed by atoms with E-state index in [1.165, 1.54) is 44.9 Å². The quantitative estimate of drug-likeness (QED) is 0.0719. The maximum atomic E-state index is 12.0. The summed E-state index contributed by atoms with van der Waals surface area (Å²) in [4.78, 5) is 0. The molecule has 0 saturated heterocycles. The summed E-state index contributed by atoms with van der Waals surface area (Å²) in [6, 6.07) is 0. The number of halogens is 9. The van der Waals surface area contributed by atoms with Gasteiger partial charge in [-0.1, -0.05) is 89.9 Å². The van der Waals surface area contributed by atoms with Gasteiger partial charge < -0.3 is 0 Å². The Labute approximate surface area is 205 Å². The molecule has 3 nitrogen and oxygen atoms in total. The van der Waals surface area contributed by atoms with E-state index in [1.807, 2.05) is 0 Å². The maximum absolute atomic E-state index is 12.0. The molecule has 0 aromatic carbocycles. The minimum atomic E-state index is -11.1. The van der Waals surface area contributed by atoms with Crippen molar-refractivity contribution in [1.82, 2.24) is 0 Å². The molecule has 0 aliphatic rings. The van der Waals surface area contributed by atoms with E-state index in [-0.39, 0.29) is 6.42 Å². The zero-order valence-corrected chi connectivity index (χ0v) is 23.2. The molecule has 218 valence electrons. The van der Waals surface area contributed by atoms with Crippen molar-refractivity contribution >= 4 is 24.3 Å². The van der Waals surface area contributed by atoms with E-state index in [0.717, 1.165) is 38.5 Å². The molecule has 1 N–H and O–H groups in total. The fraction of sp³-hybridized carbons (Fsp3) is 1.00. The molecule has 0 rings (SSSR count). The fourth-order valence-electron chi connectivity index (χ4n) is 3.30. The molecule has 0 atom stereocenters. The van der Waals surface area contributed by atoms with Crippen molar-refractivity contribution in [2.24, 2.45) is 0 Å². The molecule has 0 spiro atoms.